The lowest BCUT2D eigenvalue weighted by Gasteiger charge is -2.39. The first-order valence-corrected chi connectivity index (χ1v) is 7.71. The maximum atomic E-state index is 14.1. The predicted octanol–water partition coefficient (Wildman–Crippen LogP) is 0.989. The summed E-state index contributed by atoms with van der Waals surface area (Å²) < 4.78 is 14.1. The Kier molecular flexibility index (Phi) is 6.26. The third-order valence-electron chi connectivity index (χ3n) is 4.24. The highest BCUT2D eigenvalue weighted by Gasteiger charge is 2.26. The van der Waals surface area contributed by atoms with Gasteiger partial charge in [-0.05, 0) is 18.9 Å². The highest BCUT2D eigenvalue weighted by Crippen LogP contribution is 2.27. The molecule has 1 fully saturated rings. The second-order valence-electron chi connectivity index (χ2n) is 5.59. The van der Waals surface area contributed by atoms with Gasteiger partial charge >= 0.3 is 0 Å². The van der Waals surface area contributed by atoms with Gasteiger partial charge in [0.05, 0.1) is 29.9 Å². The van der Waals surface area contributed by atoms with Crippen molar-refractivity contribution >= 4 is 11.4 Å². The lowest BCUT2D eigenvalue weighted by atomic mass is 10.0. The van der Waals surface area contributed by atoms with E-state index in [1.165, 1.54) is 12.1 Å². The van der Waals surface area contributed by atoms with Gasteiger partial charge in [-0.3, -0.25) is 15.0 Å². The van der Waals surface area contributed by atoms with Crippen molar-refractivity contribution in [3.63, 3.8) is 0 Å². The van der Waals surface area contributed by atoms with Gasteiger partial charge in [0.15, 0.2) is 5.82 Å². The number of hydrogen-bond acceptors (Lipinski definition) is 6. The summed E-state index contributed by atoms with van der Waals surface area (Å²) in [7, 11) is 0. The van der Waals surface area contributed by atoms with Crippen LogP contribution in [-0.4, -0.2) is 65.5 Å². The predicted molar refractivity (Wildman–Crippen MR) is 84.0 cm³/mol. The first-order chi connectivity index (χ1) is 11.1. The highest BCUT2D eigenvalue weighted by atomic mass is 19.1. The molecule has 0 amide bonds. The lowest BCUT2D eigenvalue weighted by Crippen LogP contribution is -2.47. The Morgan fingerprint density at radius 2 is 1.87 bits per heavy atom. The van der Waals surface area contributed by atoms with Crippen LogP contribution < -0.4 is 4.90 Å². The molecule has 8 heteroatoms. The smallest absolute Gasteiger partial charge is 0.272 e. The molecule has 1 aliphatic heterocycles. The van der Waals surface area contributed by atoms with Crippen molar-refractivity contribution in [2.24, 2.45) is 0 Å². The van der Waals surface area contributed by atoms with Crippen LogP contribution in [0.4, 0.5) is 15.8 Å². The average molecular weight is 327 g/mol. The maximum absolute atomic E-state index is 14.1. The Hall–Kier alpha value is -1.77. The van der Waals surface area contributed by atoms with Crippen LogP contribution in [0.2, 0.25) is 0 Å². The van der Waals surface area contributed by atoms with Gasteiger partial charge in [0, 0.05) is 38.3 Å². The van der Waals surface area contributed by atoms with Crippen molar-refractivity contribution in [1.29, 1.82) is 0 Å². The van der Waals surface area contributed by atoms with Gasteiger partial charge in [0.25, 0.3) is 5.69 Å². The molecule has 0 bridgehead atoms. The van der Waals surface area contributed by atoms with Crippen LogP contribution in [0.15, 0.2) is 18.2 Å². The fourth-order valence-corrected chi connectivity index (χ4v) is 3.07. The molecule has 1 aromatic rings. The van der Waals surface area contributed by atoms with Crippen LogP contribution in [0.1, 0.15) is 12.8 Å². The zero-order chi connectivity index (χ0) is 16.8. The van der Waals surface area contributed by atoms with Gasteiger partial charge in [-0.1, -0.05) is 0 Å². The largest absolute Gasteiger partial charge is 0.395 e. The Bertz CT molecular complexity index is 529. The topological polar surface area (TPSA) is 90.1 Å². The molecule has 2 rings (SSSR count). The number of piperidine rings is 1. The van der Waals surface area contributed by atoms with E-state index in [4.69, 9.17) is 10.2 Å². The van der Waals surface area contributed by atoms with E-state index in [0.29, 0.717) is 31.9 Å². The van der Waals surface area contributed by atoms with E-state index >= 15 is 0 Å². The van der Waals surface area contributed by atoms with E-state index in [9.17, 15) is 14.5 Å². The molecule has 0 unspecified atom stereocenters. The van der Waals surface area contributed by atoms with Crippen molar-refractivity contribution in [1.82, 2.24) is 4.90 Å². The summed E-state index contributed by atoms with van der Waals surface area (Å²) in [5, 5.41) is 28.8. The zero-order valence-electron chi connectivity index (χ0n) is 12.9. The molecule has 2 N–H and O–H groups in total. The van der Waals surface area contributed by atoms with Gasteiger partial charge in [0.1, 0.15) is 0 Å². The fraction of sp³-hybridized carbons (Fsp3) is 0.600. The fourth-order valence-electron chi connectivity index (χ4n) is 3.07. The standard InChI is InChI=1S/C15H22FN3O4/c16-14-11-13(19(22)23)1-2-15(14)18-5-3-12(4-6-18)17(7-9-20)8-10-21/h1-2,11-12,20-21H,3-10H2. The van der Waals surface area contributed by atoms with Crippen LogP contribution in [0.5, 0.6) is 0 Å². The molecule has 23 heavy (non-hydrogen) atoms. The Labute approximate surface area is 134 Å². The third kappa shape index (κ3) is 4.37. The van der Waals surface area contributed by atoms with Crippen LogP contribution in [0, 0.1) is 15.9 Å². The summed E-state index contributed by atoms with van der Waals surface area (Å²) in [4.78, 5) is 14.0. The van der Waals surface area contributed by atoms with Gasteiger partial charge in [-0.2, -0.15) is 0 Å². The van der Waals surface area contributed by atoms with Gasteiger partial charge in [-0.25, -0.2) is 4.39 Å². The second-order valence-corrected chi connectivity index (χ2v) is 5.59. The zero-order valence-corrected chi connectivity index (χ0v) is 12.9. The van der Waals surface area contributed by atoms with Crippen molar-refractivity contribution in [2.75, 3.05) is 44.3 Å². The van der Waals surface area contributed by atoms with Crippen molar-refractivity contribution in [3.05, 3.63) is 34.1 Å². The molecule has 0 saturated carbocycles. The molecular formula is C15H22FN3O4. The Balaban J connectivity index is 2.00. The maximum Gasteiger partial charge on any atom is 0.272 e. The Morgan fingerprint density at radius 1 is 1.26 bits per heavy atom. The first-order valence-electron chi connectivity index (χ1n) is 7.71. The number of halogens is 1. The van der Waals surface area contributed by atoms with Crippen molar-refractivity contribution < 1.29 is 19.5 Å². The third-order valence-corrected chi connectivity index (χ3v) is 4.24. The van der Waals surface area contributed by atoms with Crippen molar-refractivity contribution in [3.8, 4) is 0 Å². The molecule has 1 saturated heterocycles. The number of nitro benzene ring substituents is 1. The number of hydrogen-bond donors (Lipinski definition) is 2. The van der Waals surface area contributed by atoms with Crippen LogP contribution in [0.25, 0.3) is 0 Å². The SMILES string of the molecule is O=[N+]([O-])c1ccc(N2CCC(N(CCO)CCO)CC2)c(F)c1. The van der Waals surface area contributed by atoms with E-state index in [0.717, 1.165) is 18.9 Å². The molecule has 0 atom stereocenters. The molecule has 1 aliphatic rings. The number of nitrogens with zero attached hydrogens (tertiary/aromatic N) is 3. The average Bonchev–Trinajstić information content (AvgIpc) is 2.55. The van der Waals surface area contributed by atoms with E-state index in [-0.39, 0.29) is 24.9 Å². The normalized spacial score (nSPS) is 16.1. The molecule has 0 spiro atoms. The van der Waals surface area contributed by atoms with E-state index in [2.05, 4.69) is 0 Å². The number of rotatable bonds is 7. The quantitative estimate of drug-likeness (QED) is 0.573. The monoisotopic (exact) mass is 327 g/mol. The summed E-state index contributed by atoms with van der Waals surface area (Å²) in [6.07, 6.45) is 1.58. The summed E-state index contributed by atoms with van der Waals surface area (Å²) in [5.74, 6) is -0.583. The minimum absolute atomic E-state index is 0.0389. The number of nitro groups is 1. The van der Waals surface area contributed by atoms with Crippen LogP contribution in [-0.2, 0) is 0 Å². The molecule has 0 radical (unpaired) electrons. The van der Waals surface area contributed by atoms with E-state index in [1.807, 2.05) is 9.80 Å². The number of benzene rings is 1. The summed E-state index contributed by atoms with van der Waals surface area (Å²) in [6, 6.07) is 3.96. The summed E-state index contributed by atoms with van der Waals surface area (Å²) in [5.41, 5.74) is 0.128. The molecule has 7 nitrogen and oxygen atoms in total. The van der Waals surface area contributed by atoms with Gasteiger partial charge < -0.3 is 15.1 Å². The number of non-ortho nitro benzene ring substituents is 1. The minimum Gasteiger partial charge on any atom is -0.395 e. The number of anilines is 1. The second kappa shape index (κ2) is 8.19. The van der Waals surface area contributed by atoms with Gasteiger partial charge in [0.2, 0.25) is 0 Å². The molecule has 0 aliphatic carbocycles. The molecular weight excluding hydrogens is 305 g/mol. The van der Waals surface area contributed by atoms with E-state index in [1.54, 1.807) is 0 Å². The molecule has 128 valence electrons. The van der Waals surface area contributed by atoms with Crippen molar-refractivity contribution in [2.45, 2.75) is 18.9 Å². The number of aliphatic hydroxyl groups excluding tert-OH is 2. The Morgan fingerprint density at radius 3 is 2.35 bits per heavy atom. The van der Waals surface area contributed by atoms with Crippen LogP contribution in [0.3, 0.4) is 0 Å². The summed E-state index contributed by atoms with van der Waals surface area (Å²) >= 11 is 0. The van der Waals surface area contributed by atoms with Crippen LogP contribution >= 0.6 is 0 Å². The minimum atomic E-state index is -0.610. The summed E-state index contributed by atoms with van der Waals surface area (Å²) in [6.45, 7) is 2.36. The molecule has 1 aromatic carbocycles. The lowest BCUT2D eigenvalue weighted by molar-refractivity contribution is -0.385. The highest BCUT2D eigenvalue weighted by molar-refractivity contribution is 5.52. The van der Waals surface area contributed by atoms with E-state index < -0.39 is 10.7 Å². The van der Waals surface area contributed by atoms with Gasteiger partial charge in [-0.15, -0.1) is 0 Å². The number of aliphatic hydroxyl groups is 2. The molecule has 1 heterocycles. The first kappa shape index (κ1) is 17.6. The molecule has 0 aromatic heterocycles.